The van der Waals surface area contributed by atoms with Crippen LogP contribution >= 0.6 is 0 Å². The summed E-state index contributed by atoms with van der Waals surface area (Å²) in [5.74, 6) is 1.60. The average Bonchev–Trinajstić information content (AvgIpc) is 2.70. The highest BCUT2D eigenvalue weighted by molar-refractivity contribution is 6.00. The number of amides is 1. The van der Waals surface area contributed by atoms with Gasteiger partial charge in [-0.05, 0) is 32.1 Å². The number of likely N-dealkylation sites (tertiary alicyclic amines) is 1. The lowest BCUT2D eigenvalue weighted by Gasteiger charge is -2.44. The summed E-state index contributed by atoms with van der Waals surface area (Å²) in [5, 5.41) is 0. The number of unbranched alkanes of at least 4 members (excludes halogenated alkanes) is 1. The van der Waals surface area contributed by atoms with Crippen LogP contribution in [0.1, 0.15) is 55.8 Å². The Balaban J connectivity index is 1.56. The van der Waals surface area contributed by atoms with Crippen LogP contribution < -0.4 is 9.47 Å². The predicted molar refractivity (Wildman–Crippen MR) is 108 cm³/mol. The van der Waals surface area contributed by atoms with E-state index in [0.717, 1.165) is 19.5 Å². The Bertz CT molecular complexity index is 710. The van der Waals surface area contributed by atoms with E-state index in [-0.39, 0.29) is 11.7 Å². The van der Waals surface area contributed by atoms with E-state index >= 15 is 0 Å². The molecule has 6 nitrogen and oxygen atoms in total. The van der Waals surface area contributed by atoms with Gasteiger partial charge in [-0.3, -0.25) is 9.59 Å². The molecule has 0 atom stereocenters. The van der Waals surface area contributed by atoms with Crippen LogP contribution in [0.4, 0.5) is 0 Å². The van der Waals surface area contributed by atoms with Gasteiger partial charge in [0.15, 0.2) is 5.78 Å². The smallest absolute Gasteiger partial charge is 0.223 e. The molecular weight excluding hydrogens is 356 g/mol. The maximum absolute atomic E-state index is 12.6. The van der Waals surface area contributed by atoms with Gasteiger partial charge in [-0.15, -0.1) is 0 Å². The van der Waals surface area contributed by atoms with Gasteiger partial charge >= 0.3 is 0 Å². The fourth-order valence-electron chi connectivity index (χ4n) is 4.03. The summed E-state index contributed by atoms with van der Waals surface area (Å²) in [6.07, 6.45) is 4.63. The summed E-state index contributed by atoms with van der Waals surface area (Å²) in [7, 11) is 3.67. The minimum Gasteiger partial charge on any atom is -0.497 e. The highest BCUT2D eigenvalue weighted by Crippen LogP contribution is 2.40. The summed E-state index contributed by atoms with van der Waals surface area (Å²) in [5.41, 5.74) is 0.130. The van der Waals surface area contributed by atoms with Gasteiger partial charge in [-0.25, -0.2) is 0 Å². The van der Waals surface area contributed by atoms with Crippen LogP contribution in [-0.2, 0) is 4.79 Å². The summed E-state index contributed by atoms with van der Waals surface area (Å²) < 4.78 is 11.6. The number of hydrogen-bond acceptors (Lipinski definition) is 5. The first-order valence-corrected chi connectivity index (χ1v) is 10.3. The molecule has 154 valence electrons. The zero-order valence-electron chi connectivity index (χ0n) is 17.3. The van der Waals surface area contributed by atoms with Gasteiger partial charge in [0.1, 0.15) is 17.1 Å². The lowest BCUT2D eigenvalue weighted by molar-refractivity contribution is -0.135. The third-order valence-corrected chi connectivity index (χ3v) is 5.93. The third-order valence-electron chi connectivity index (χ3n) is 5.93. The number of Topliss-reactive ketones (excluding diaryl/α,β-unsaturated/α-hetero) is 1. The van der Waals surface area contributed by atoms with Crippen molar-refractivity contribution < 1.29 is 19.1 Å². The van der Waals surface area contributed by atoms with Crippen molar-refractivity contribution in [2.75, 3.05) is 40.3 Å². The molecule has 6 heteroatoms. The molecule has 2 aliphatic heterocycles. The monoisotopic (exact) mass is 388 g/mol. The molecule has 0 bridgehead atoms. The second-order valence-corrected chi connectivity index (χ2v) is 8.03. The molecule has 1 saturated heterocycles. The molecule has 0 aromatic heterocycles. The van der Waals surface area contributed by atoms with Crippen molar-refractivity contribution in [2.24, 2.45) is 0 Å². The number of ketones is 1. The van der Waals surface area contributed by atoms with Gasteiger partial charge in [0, 0.05) is 45.0 Å². The predicted octanol–water partition coefficient (Wildman–Crippen LogP) is 3.14. The van der Waals surface area contributed by atoms with Gasteiger partial charge in [0.2, 0.25) is 5.91 Å². The molecule has 0 aliphatic carbocycles. The second-order valence-electron chi connectivity index (χ2n) is 8.03. The first-order valence-electron chi connectivity index (χ1n) is 10.3. The molecule has 2 heterocycles. The molecule has 0 unspecified atom stereocenters. The molecule has 0 radical (unpaired) electrons. The second kappa shape index (κ2) is 8.95. The third kappa shape index (κ3) is 4.66. The van der Waals surface area contributed by atoms with Crippen LogP contribution in [0.5, 0.6) is 11.5 Å². The van der Waals surface area contributed by atoms with Gasteiger partial charge in [-0.2, -0.15) is 0 Å². The zero-order chi connectivity index (χ0) is 20.1. The topological polar surface area (TPSA) is 59.1 Å². The number of methoxy groups -OCH3 is 1. The fraction of sp³-hybridized carbons (Fsp3) is 0.636. The SMILES string of the molecule is CCCCN(C)CCC(=O)N1CCC2(CC1)CC(=O)c1ccc(OC)cc1O2. The molecule has 0 saturated carbocycles. The number of carbonyl (C=O) groups is 2. The molecule has 3 rings (SSSR count). The van der Waals surface area contributed by atoms with E-state index in [2.05, 4.69) is 18.9 Å². The summed E-state index contributed by atoms with van der Waals surface area (Å²) >= 11 is 0. The standard InChI is InChI=1S/C22H32N2O4/c1-4-5-11-23(2)12-8-21(26)24-13-9-22(10-14-24)16-19(25)18-7-6-17(27-3)15-20(18)28-22/h6-7,15H,4-5,8-14,16H2,1-3H3. The zero-order valence-corrected chi connectivity index (χ0v) is 17.3. The summed E-state index contributed by atoms with van der Waals surface area (Å²) in [6.45, 7) is 5.29. The molecule has 1 aromatic rings. The Morgan fingerprint density at radius 2 is 2.04 bits per heavy atom. The van der Waals surface area contributed by atoms with Gasteiger partial charge < -0.3 is 19.3 Å². The van der Waals surface area contributed by atoms with E-state index < -0.39 is 5.60 Å². The molecule has 28 heavy (non-hydrogen) atoms. The largest absolute Gasteiger partial charge is 0.497 e. The van der Waals surface area contributed by atoms with E-state index in [0.29, 0.717) is 55.8 Å². The van der Waals surface area contributed by atoms with Crippen LogP contribution in [0.15, 0.2) is 18.2 Å². The van der Waals surface area contributed by atoms with E-state index in [1.165, 1.54) is 6.42 Å². The Morgan fingerprint density at radius 1 is 1.29 bits per heavy atom. The van der Waals surface area contributed by atoms with Gasteiger partial charge in [0.25, 0.3) is 0 Å². The number of hydrogen-bond donors (Lipinski definition) is 0. The van der Waals surface area contributed by atoms with Gasteiger partial charge in [-0.1, -0.05) is 13.3 Å². The van der Waals surface area contributed by atoms with E-state index in [1.807, 2.05) is 4.90 Å². The van der Waals surface area contributed by atoms with E-state index in [9.17, 15) is 9.59 Å². The minimum atomic E-state index is -0.495. The Labute approximate surface area is 167 Å². The van der Waals surface area contributed by atoms with E-state index in [1.54, 1.807) is 25.3 Å². The van der Waals surface area contributed by atoms with Crippen LogP contribution in [0.2, 0.25) is 0 Å². The number of rotatable bonds is 7. The number of benzene rings is 1. The van der Waals surface area contributed by atoms with Crippen LogP contribution in [-0.4, -0.2) is 67.4 Å². The van der Waals surface area contributed by atoms with Crippen LogP contribution in [0, 0.1) is 0 Å². The maximum Gasteiger partial charge on any atom is 0.223 e. The molecule has 1 fully saturated rings. The van der Waals surface area contributed by atoms with Crippen LogP contribution in [0.25, 0.3) is 0 Å². The fourth-order valence-corrected chi connectivity index (χ4v) is 4.03. The number of nitrogens with zero attached hydrogens (tertiary/aromatic N) is 2. The molecule has 2 aliphatic rings. The number of ether oxygens (including phenoxy) is 2. The first kappa shape index (κ1) is 20.6. The molecule has 0 N–H and O–H groups in total. The average molecular weight is 389 g/mol. The quantitative estimate of drug-likeness (QED) is 0.718. The highest BCUT2D eigenvalue weighted by atomic mass is 16.5. The summed E-state index contributed by atoms with van der Waals surface area (Å²) in [6, 6.07) is 5.35. The molecule has 1 aromatic carbocycles. The maximum atomic E-state index is 12.6. The van der Waals surface area contributed by atoms with Crippen LogP contribution in [0.3, 0.4) is 0 Å². The van der Waals surface area contributed by atoms with Crippen molar-refractivity contribution in [3.05, 3.63) is 23.8 Å². The normalized spacial score (nSPS) is 18.1. The molecule has 1 spiro atoms. The highest BCUT2D eigenvalue weighted by Gasteiger charge is 2.43. The molecule has 1 amide bonds. The number of fused-ring (bicyclic) bond motifs is 1. The van der Waals surface area contributed by atoms with Crippen molar-refractivity contribution in [1.29, 1.82) is 0 Å². The van der Waals surface area contributed by atoms with Gasteiger partial charge in [0.05, 0.1) is 19.1 Å². The van der Waals surface area contributed by atoms with E-state index in [4.69, 9.17) is 9.47 Å². The lowest BCUT2D eigenvalue weighted by atomic mass is 9.82. The lowest BCUT2D eigenvalue weighted by Crippen LogP contribution is -2.52. The Morgan fingerprint density at radius 3 is 2.71 bits per heavy atom. The Hall–Kier alpha value is -2.08. The first-order chi connectivity index (χ1) is 13.5. The minimum absolute atomic E-state index is 0.112. The van der Waals surface area contributed by atoms with Crippen molar-refractivity contribution >= 4 is 11.7 Å². The Kier molecular flexibility index (Phi) is 6.60. The van der Waals surface area contributed by atoms with Crippen molar-refractivity contribution in [2.45, 2.75) is 51.0 Å². The van der Waals surface area contributed by atoms with Crippen molar-refractivity contribution in [1.82, 2.24) is 9.80 Å². The molecular formula is C22H32N2O4. The van der Waals surface area contributed by atoms with Crippen molar-refractivity contribution in [3.63, 3.8) is 0 Å². The summed E-state index contributed by atoms with van der Waals surface area (Å²) in [4.78, 5) is 29.3. The number of carbonyl (C=O) groups excluding carboxylic acids is 2. The number of piperidine rings is 1. The van der Waals surface area contributed by atoms with Crippen molar-refractivity contribution in [3.8, 4) is 11.5 Å².